The van der Waals surface area contributed by atoms with Crippen molar-refractivity contribution >= 4 is 31.9 Å². The zero-order valence-electron chi connectivity index (χ0n) is 22.4. The van der Waals surface area contributed by atoms with Crippen molar-refractivity contribution in [2.45, 2.75) is 135 Å². The Morgan fingerprint density at radius 3 is 1.57 bits per heavy atom. The Morgan fingerprint density at radius 1 is 0.543 bits per heavy atom. The molecule has 1 aliphatic rings. The van der Waals surface area contributed by atoms with E-state index in [4.69, 9.17) is 0 Å². The second-order valence-corrected chi connectivity index (χ2v) is 12.5. The summed E-state index contributed by atoms with van der Waals surface area (Å²) in [6, 6.07) is 13.9. The third-order valence-electron chi connectivity index (χ3n) is 8.22. The second kappa shape index (κ2) is 15.6. The van der Waals surface area contributed by atoms with Crippen LogP contribution in [0, 0.1) is 0 Å². The molecule has 0 N–H and O–H groups in total. The average molecular weight is 605 g/mol. The molecule has 0 saturated heterocycles. The fourth-order valence-electron chi connectivity index (χ4n) is 6.28. The van der Waals surface area contributed by atoms with Crippen molar-refractivity contribution in [3.8, 4) is 11.1 Å². The van der Waals surface area contributed by atoms with Crippen LogP contribution in [-0.4, -0.2) is 0 Å². The Hall–Kier alpha value is -0.600. The molecule has 0 radical (unpaired) electrons. The van der Waals surface area contributed by atoms with Gasteiger partial charge in [-0.3, -0.25) is 0 Å². The highest BCUT2D eigenvalue weighted by Crippen LogP contribution is 2.57. The predicted octanol–water partition coefficient (Wildman–Crippen LogP) is 12.5. The fourth-order valence-corrected chi connectivity index (χ4v) is 7.33. The van der Waals surface area contributed by atoms with E-state index >= 15 is 0 Å². The maximum Gasteiger partial charge on any atom is 0.0364 e. The largest absolute Gasteiger partial charge is 0.0654 e. The van der Waals surface area contributed by atoms with Crippen LogP contribution >= 0.6 is 31.9 Å². The van der Waals surface area contributed by atoms with Gasteiger partial charge in [-0.15, -0.1) is 0 Å². The number of halogens is 2. The molecule has 0 spiro atoms. The van der Waals surface area contributed by atoms with Gasteiger partial charge in [0.25, 0.3) is 0 Å². The van der Waals surface area contributed by atoms with Crippen molar-refractivity contribution < 1.29 is 0 Å². The first kappa shape index (κ1) is 29.0. The Labute approximate surface area is 233 Å². The minimum Gasteiger partial charge on any atom is -0.0654 e. The summed E-state index contributed by atoms with van der Waals surface area (Å²) < 4.78 is 2.48. The van der Waals surface area contributed by atoms with Gasteiger partial charge in [-0.2, -0.15) is 0 Å². The molecule has 35 heavy (non-hydrogen) atoms. The molecule has 2 heteroatoms. The summed E-state index contributed by atoms with van der Waals surface area (Å²) in [5.74, 6) is 0. The molecule has 0 nitrogen and oxygen atoms in total. The molecule has 0 aliphatic heterocycles. The van der Waals surface area contributed by atoms with Crippen molar-refractivity contribution in [1.29, 1.82) is 0 Å². The van der Waals surface area contributed by atoms with Crippen molar-refractivity contribution in [3.63, 3.8) is 0 Å². The molecule has 0 aromatic heterocycles. The quantitative estimate of drug-likeness (QED) is 0.149. The van der Waals surface area contributed by atoms with Crippen LogP contribution in [0.2, 0.25) is 0 Å². The molecule has 2 aromatic rings. The summed E-state index contributed by atoms with van der Waals surface area (Å²) in [5.41, 5.74) is 6.21. The molecule has 0 unspecified atom stereocenters. The molecule has 0 heterocycles. The maximum absolute atomic E-state index is 4.03. The zero-order valence-corrected chi connectivity index (χ0v) is 25.6. The molecule has 194 valence electrons. The average Bonchev–Trinajstić information content (AvgIpc) is 3.15. The number of hydrogen-bond acceptors (Lipinski definition) is 0. The van der Waals surface area contributed by atoms with Crippen molar-refractivity contribution in [2.75, 3.05) is 0 Å². The van der Waals surface area contributed by atoms with Crippen LogP contribution in [-0.2, 0) is 5.41 Å². The van der Waals surface area contributed by atoms with Gasteiger partial charge in [0.1, 0.15) is 0 Å². The Morgan fingerprint density at radius 2 is 1.03 bits per heavy atom. The van der Waals surface area contributed by atoms with E-state index in [9.17, 15) is 0 Å². The van der Waals surface area contributed by atoms with Gasteiger partial charge in [0.15, 0.2) is 0 Å². The Kier molecular flexibility index (Phi) is 12.9. The molecule has 1 aliphatic carbocycles. The van der Waals surface area contributed by atoms with E-state index in [1.165, 1.54) is 136 Å². The number of fused-ring (bicyclic) bond motifs is 3. The molecule has 3 rings (SSSR count). The molecule has 0 fully saturated rings. The Bertz CT molecular complexity index is 865. The van der Waals surface area contributed by atoms with E-state index in [0.29, 0.717) is 0 Å². The first-order valence-electron chi connectivity index (χ1n) is 14.7. The normalized spacial score (nSPS) is 13.7. The van der Waals surface area contributed by atoms with Crippen molar-refractivity contribution in [2.24, 2.45) is 0 Å². The third kappa shape index (κ3) is 7.70. The van der Waals surface area contributed by atoms with Gasteiger partial charge in [-0.05, 0) is 73.0 Å². The molecular weight excluding hydrogens is 556 g/mol. The first-order chi connectivity index (χ1) is 17.2. The van der Waals surface area contributed by atoms with E-state index in [-0.39, 0.29) is 5.41 Å². The van der Waals surface area contributed by atoms with Crippen molar-refractivity contribution in [1.82, 2.24) is 0 Å². The van der Waals surface area contributed by atoms with E-state index < -0.39 is 0 Å². The summed E-state index contributed by atoms with van der Waals surface area (Å²) >= 11 is 7.88. The monoisotopic (exact) mass is 602 g/mol. The van der Waals surface area contributed by atoms with Crippen LogP contribution in [0.3, 0.4) is 0 Å². The molecule has 0 bridgehead atoms. The van der Waals surface area contributed by atoms with Crippen LogP contribution in [0.25, 0.3) is 11.1 Å². The lowest BCUT2D eigenvalue weighted by Crippen LogP contribution is -2.26. The summed E-state index contributed by atoms with van der Waals surface area (Å²) in [4.78, 5) is 0. The summed E-state index contributed by atoms with van der Waals surface area (Å²) in [5, 5.41) is 0. The molecule has 0 atom stereocenters. The number of rotatable bonds is 18. The highest BCUT2D eigenvalue weighted by Gasteiger charge is 2.43. The minimum atomic E-state index is 0.152. The van der Waals surface area contributed by atoms with Crippen molar-refractivity contribution in [3.05, 3.63) is 56.5 Å². The highest BCUT2D eigenvalue weighted by molar-refractivity contribution is 9.13. The van der Waals surface area contributed by atoms with Gasteiger partial charge in [0.05, 0.1) is 0 Å². The van der Waals surface area contributed by atoms with Gasteiger partial charge >= 0.3 is 0 Å². The number of benzene rings is 2. The van der Waals surface area contributed by atoms with Gasteiger partial charge in [-0.1, -0.05) is 147 Å². The van der Waals surface area contributed by atoms with Gasteiger partial charge in [0, 0.05) is 14.4 Å². The SMILES string of the molecule is CCCCCCCCCCC1(CCCCCCCCCC)c2ccccc2-c2ccc(Br)c(Br)c21. The lowest BCUT2D eigenvalue weighted by molar-refractivity contribution is 0.395. The summed E-state index contributed by atoms with van der Waals surface area (Å²) in [6.07, 6.45) is 24.7. The first-order valence-corrected chi connectivity index (χ1v) is 16.3. The molecule has 0 saturated carbocycles. The summed E-state index contributed by atoms with van der Waals surface area (Å²) in [7, 11) is 0. The van der Waals surface area contributed by atoms with Gasteiger partial charge in [-0.25, -0.2) is 0 Å². The zero-order chi connectivity index (χ0) is 24.9. The van der Waals surface area contributed by atoms with Crippen LogP contribution < -0.4 is 0 Å². The van der Waals surface area contributed by atoms with E-state index in [1.54, 1.807) is 11.1 Å². The van der Waals surface area contributed by atoms with Crippen LogP contribution in [0.1, 0.15) is 141 Å². The van der Waals surface area contributed by atoms with Crippen LogP contribution in [0.15, 0.2) is 45.3 Å². The van der Waals surface area contributed by atoms with E-state index in [1.807, 2.05) is 0 Å². The molecule has 0 amide bonds. The topological polar surface area (TPSA) is 0 Å². The van der Waals surface area contributed by atoms with Crippen LogP contribution in [0.5, 0.6) is 0 Å². The lowest BCUT2D eigenvalue weighted by atomic mass is 9.70. The smallest absolute Gasteiger partial charge is 0.0364 e. The van der Waals surface area contributed by atoms with E-state index in [2.05, 4.69) is 82.1 Å². The standard InChI is InChI=1S/C33H48Br2/c1-3-5-7-9-11-13-15-19-25-33(26-20-16-14-12-10-8-6-4-2)29-22-18-17-21-27(29)28-23-24-30(34)32(35)31(28)33/h17-18,21-24H,3-16,19-20,25-26H2,1-2H3. The van der Waals surface area contributed by atoms with Crippen LogP contribution in [0.4, 0.5) is 0 Å². The maximum atomic E-state index is 4.03. The second-order valence-electron chi connectivity index (χ2n) is 10.9. The summed E-state index contributed by atoms with van der Waals surface area (Å²) in [6.45, 7) is 4.61. The van der Waals surface area contributed by atoms with Gasteiger partial charge < -0.3 is 0 Å². The molecule has 2 aromatic carbocycles. The van der Waals surface area contributed by atoms with Gasteiger partial charge in [0.2, 0.25) is 0 Å². The molecular formula is C33H48Br2. The predicted molar refractivity (Wildman–Crippen MR) is 163 cm³/mol. The third-order valence-corrected chi connectivity index (χ3v) is 10.2. The fraction of sp³-hybridized carbons (Fsp3) is 0.636. The highest BCUT2D eigenvalue weighted by atomic mass is 79.9. The number of unbranched alkanes of at least 4 members (excludes halogenated alkanes) is 14. The lowest BCUT2D eigenvalue weighted by Gasteiger charge is -2.34. The van der Waals surface area contributed by atoms with E-state index in [0.717, 1.165) is 0 Å². The minimum absolute atomic E-state index is 0.152. The Balaban J connectivity index is 1.71. The number of hydrogen-bond donors (Lipinski definition) is 0.